The third kappa shape index (κ3) is 3.86. The van der Waals surface area contributed by atoms with Crippen molar-refractivity contribution in [3.05, 3.63) is 46.8 Å². The molecule has 2 rings (SSSR count). The minimum absolute atomic E-state index is 0.125. The lowest BCUT2D eigenvalue weighted by molar-refractivity contribution is 0.0721. The summed E-state index contributed by atoms with van der Waals surface area (Å²) in [6.07, 6.45) is 2.58. The van der Waals surface area contributed by atoms with Gasteiger partial charge in [-0.15, -0.1) is 0 Å². The fourth-order valence-corrected chi connectivity index (χ4v) is 2.41. The van der Waals surface area contributed by atoms with Gasteiger partial charge < -0.3 is 4.74 Å². The molecule has 0 unspecified atom stereocenters. The number of hydrogen-bond acceptors (Lipinski definition) is 4. The van der Waals surface area contributed by atoms with Crippen LogP contribution in [0.2, 0.25) is 0 Å². The number of benzene rings is 1. The zero-order chi connectivity index (χ0) is 17.0. The Hall–Kier alpha value is -2.43. The summed E-state index contributed by atoms with van der Waals surface area (Å²) in [5, 5.41) is 4.30. The van der Waals surface area contributed by atoms with E-state index in [1.165, 1.54) is 11.6 Å². The average molecular weight is 314 g/mol. The van der Waals surface area contributed by atoms with Gasteiger partial charge in [0.25, 0.3) is 0 Å². The van der Waals surface area contributed by atoms with E-state index in [1.54, 1.807) is 25.2 Å². The number of Topliss-reactive ketones (excluding diaryl/α,β-unsaturated/α-hetero) is 1. The zero-order valence-corrected chi connectivity index (χ0v) is 14.0. The van der Waals surface area contributed by atoms with Crippen molar-refractivity contribution in [1.82, 2.24) is 9.78 Å². The van der Waals surface area contributed by atoms with E-state index < -0.39 is 5.97 Å². The Labute approximate surface area is 136 Å². The Morgan fingerprint density at radius 3 is 2.57 bits per heavy atom. The van der Waals surface area contributed by atoms with Gasteiger partial charge >= 0.3 is 5.97 Å². The summed E-state index contributed by atoms with van der Waals surface area (Å²) in [7, 11) is 1.71. The highest BCUT2D eigenvalue weighted by Crippen LogP contribution is 2.22. The normalized spacial score (nSPS) is 10.6. The zero-order valence-electron chi connectivity index (χ0n) is 14.0. The molecule has 0 spiro atoms. The highest BCUT2D eigenvalue weighted by atomic mass is 16.5. The van der Waals surface area contributed by atoms with Crippen molar-refractivity contribution in [1.29, 1.82) is 0 Å². The summed E-state index contributed by atoms with van der Waals surface area (Å²) in [5.74, 6) is -0.341. The number of aryl methyl sites for hydroxylation is 3. The van der Waals surface area contributed by atoms with Gasteiger partial charge in [0, 0.05) is 7.05 Å². The first kappa shape index (κ1) is 16.9. The molecule has 1 aromatic carbocycles. The SMILES string of the molecule is CCCc1cc(C(=O)Oc2ccc(CC)cc2C(C)=O)n(C)n1. The fourth-order valence-electron chi connectivity index (χ4n) is 2.41. The summed E-state index contributed by atoms with van der Waals surface area (Å²) in [6.45, 7) is 5.53. The minimum Gasteiger partial charge on any atom is -0.421 e. The van der Waals surface area contributed by atoms with Crippen LogP contribution in [-0.2, 0) is 19.9 Å². The molecule has 0 aliphatic heterocycles. The number of ketones is 1. The molecule has 0 aliphatic carbocycles. The van der Waals surface area contributed by atoms with Crippen LogP contribution in [0.4, 0.5) is 0 Å². The molecule has 0 saturated carbocycles. The summed E-state index contributed by atoms with van der Waals surface area (Å²) >= 11 is 0. The van der Waals surface area contributed by atoms with Crippen LogP contribution < -0.4 is 4.74 Å². The van der Waals surface area contributed by atoms with Gasteiger partial charge in [0.15, 0.2) is 5.78 Å². The molecule has 0 bridgehead atoms. The molecule has 5 nitrogen and oxygen atoms in total. The molecular formula is C18H22N2O3. The summed E-state index contributed by atoms with van der Waals surface area (Å²) in [6, 6.07) is 7.05. The molecule has 1 heterocycles. The van der Waals surface area contributed by atoms with E-state index in [9.17, 15) is 9.59 Å². The third-order valence-electron chi connectivity index (χ3n) is 3.68. The van der Waals surface area contributed by atoms with Gasteiger partial charge in [-0.3, -0.25) is 9.48 Å². The first-order valence-electron chi connectivity index (χ1n) is 7.85. The highest BCUT2D eigenvalue weighted by molar-refractivity contribution is 5.98. The van der Waals surface area contributed by atoms with Crippen LogP contribution in [0, 0.1) is 0 Å². The molecule has 0 N–H and O–H groups in total. The number of carbonyl (C=O) groups is 2. The number of aromatic nitrogens is 2. The predicted molar refractivity (Wildman–Crippen MR) is 88.0 cm³/mol. The van der Waals surface area contributed by atoms with Gasteiger partial charge in [-0.05, 0) is 43.5 Å². The van der Waals surface area contributed by atoms with E-state index in [0.29, 0.717) is 11.3 Å². The van der Waals surface area contributed by atoms with Crippen molar-refractivity contribution in [2.75, 3.05) is 0 Å². The Morgan fingerprint density at radius 1 is 1.22 bits per heavy atom. The highest BCUT2D eigenvalue weighted by Gasteiger charge is 2.18. The smallest absolute Gasteiger partial charge is 0.362 e. The van der Waals surface area contributed by atoms with Crippen molar-refractivity contribution in [2.45, 2.75) is 40.0 Å². The van der Waals surface area contributed by atoms with Gasteiger partial charge in [0.05, 0.1) is 11.3 Å². The number of rotatable bonds is 6. The number of hydrogen-bond donors (Lipinski definition) is 0. The third-order valence-corrected chi connectivity index (χ3v) is 3.68. The van der Waals surface area contributed by atoms with Gasteiger partial charge in [-0.25, -0.2) is 4.79 Å². The quantitative estimate of drug-likeness (QED) is 0.466. The first-order valence-corrected chi connectivity index (χ1v) is 7.85. The van der Waals surface area contributed by atoms with E-state index >= 15 is 0 Å². The standard InChI is InChI=1S/C18H22N2O3/c1-5-7-14-11-16(20(4)19-14)18(22)23-17-9-8-13(6-2)10-15(17)12(3)21/h8-11H,5-7H2,1-4H3. The molecule has 23 heavy (non-hydrogen) atoms. The van der Waals surface area contributed by atoms with E-state index in [-0.39, 0.29) is 11.5 Å². The van der Waals surface area contributed by atoms with Crippen LogP contribution in [-0.4, -0.2) is 21.5 Å². The average Bonchev–Trinajstić information content (AvgIpc) is 2.88. The van der Waals surface area contributed by atoms with E-state index in [0.717, 1.165) is 30.5 Å². The largest absolute Gasteiger partial charge is 0.421 e. The van der Waals surface area contributed by atoms with Crippen molar-refractivity contribution in [2.24, 2.45) is 7.05 Å². The lowest BCUT2D eigenvalue weighted by atomic mass is 10.1. The number of ether oxygens (including phenoxy) is 1. The molecule has 1 aromatic heterocycles. The van der Waals surface area contributed by atoms with Crippen LogP contribution >= 0.6 is 0 Å². The van der Waals surface area contributed by atoms with Gasteiger partial charge in [0.2, 0.25) is 0 Å². The summed E-state index contributed by atoms with van der Waals surface area (Å²) in [5.41, 5.74) is 2.69. The maximum Gasteiger partial charge on any atom is 0.362 e. The number of esters is 1. The molecule has 0 radical (unpaired) electrons. The molecule has 0 saturated heterocycles. The first-order chi connectivity index (χ1) is 11.0. The van der Waals surface area contributed by atoms with Gasteiger partial charge in [0.1, 0.15) is 11.4 Å². The second-order valence-corrected chi connectivity index (χ2v) is 5.52. The Bertz CT molecular complexity index is 732. The summed E-state index contributed by atoms with van der Waals surface area (Å²) in [4.78, 5) is 24.2. The van der Waals surface area contributed by atoms with E-state index in [1.807, 2.05) is 13.0 Å². The van der Waals surface area contributed by atoms with Gasteiger partial charge in [-0.1, -0.05) is 26.3 Å². The lowest BCUT2D eigenvalue weighted by Crippen LogP contribution is -2.15. The van der Waals surface area contributed by atoms with Crippen LogP contribution in [0.5, 0.6) is 5.75 Å². The van der Waals surface area contributed by atoms with E-state index in [2.05, 4.69) is 12.0 Å². The monoisotopic (exact) mass is 314 g/mol. The number of carbonyl (C=O) groups excluding carboxylic acids is 2. The van der Waals surface area contributed by atoms with Crippen LogP contribution in [0.3, 0.4) is 0 Å². The maximum absolute atomic E-state index is 12.4. The predicted octanol–water partition coefficient (Wildman–Crippen LogP) is 3.36. The van der Waals surface area contributed by atoms with Crippen LogP contribution in [0.1, 0.15) is 59.3 Å². The van der Waals surface area contributed by atoms with Crippen molar-refractivity contribution in [3.8, 4) is 5.75 Å². The molecule has 2 aromatic rings. The van der Waals surface area contributed by atoms with Gasteiger partial charge in [-0.2, -0.15) is 5.10 Å². The molecule has 0 aliphatic rings. The molecule has 5 heteroatoms. The molecule has 0 amide bonds. The lowest BCUT2D eigenvalue weighted by Gasteiger charge is -2.09. The van der Waals surface area contributed by atoms with Crippen molar-refractivity contribution in [3.63, 3.8) is 0 Å². The molecule has 0 fully saturated rings. The van der Waals surface area contributed by atoms with Crippen LogP contribution in [0.25, 0.3) is 0 Å². The second-order valence-electron chi connectivity index (χ2n) is 5.52. The van der Waals surface area contributed by atoms with Crippen LogP contribution in [0.15, 0.2) is 24.3 Å². The van der Waals surface area contributed by atoms with E-state index in [4.69, 9.17) is 4.74 Å². The Morgan fingerprint density at radius 2 is 1.96 bits per heavy atom. The molecule has 122 valence electrons. The molecule has 0 atom stereocenters. The Balaban J connectivity index is 2.28. The topological polar surface area (TPSA) is 61.2 Å². The minimum atomic E-state index is -0.505. The maximum atomic E-state index is 12.4. The fraction of sp³-hybridized carbons (Fsp3) is 0.389. The second kappa shape index (κ2) is 7.22. The van der Waals surface area contributed by atoms with Crippen molar-refractivity contribution < 1.29 is 14.3 Å². The summed E-state index contributed by atoms with van der Waals surface area (Å²) < 4.78 is 6.96. The molecular weight excluding hydrogens is 292 g/mol. The van der Waals surface area contributed by atoms with Crippen molar-refractivity contribution >= 4 is 11.8 Å². The Kier molecular flexibility index (Phi) is 5.32. The number of nitrogens with zero attached hydrogens (tertiary/aromatic N) is 2.